The lowest BCUT2D eigenvalue weighted by atomic mass is 9.44. The summed E-state index contributed by atoms with van der Waals surface area (Å²) < 4.78 is 22.2. The van der Waals surface area contributed by atoms with Gasteiger partial charge in [0.05, 0.1) is 31.3 Å². The Kier molecular flexibility index (Phi) is 5.74. The smallest absolute Gasteiger partial charge is 0.353 e. The van der Waals surface area contributed by atoms with E-state index in [-0.39, 0.29) is 23.6 Å². The van der Waals surface area contributed by atoms with Gasteiger partial charge in [-0.2, -0.15) is 0 Å². The van der Waals surface area contributed by atoms with Crippen LogP contribution in [-0.2, 0) is 23.8 Å². The molecule has 0 aromatic carbocycles. The van der Waals surface area contributed by atoms with Crippen LogP contribution in [-0.4, -0.2) is 24.8 Å². The van der Waals surface area contributed by atoms with Crippen molar-refractivity contribution < 1.29 is 33.0 Å². The zero-order valence-corrected chi connectivity index (χ0v) is 20.8. The average Bonchev–Trinajstić information content (AvgIpc) is 3.54. The number of Topliss-reactive ketones (excluding diaryl/α,β-unsaturated/α-hetero) is 1. The van der Waals surface area contributed by atoms with E-state index in [1.807, 2.05) is 13.0 Å². The van der Waals surface area contributed by atoms with Gasteiger partial charge in [-0.25, -0.2) is 4.79 Å². The highest BCUT2D eigenvalue weighted by molar-refractivity contribution is 7.12. The summed E-state index contributed by atoms with van der Waals surface area (Å²) in [5, 5.41) is 1.76. The molecule has 2 aromatic heterocycles. The van der Waals surface area contributed by atoms with Crippen molar-refractivity contribution in [3.05, 3.63) is 70.7 Å². The summed E-state index contributed by atoms with van der Waals surface area (Å²) in [5.41, 5.74) is -0.444. The second-order valence-electron chi connectivity index (χ2n) is 10.1. The lowest BCUT2D eigenvalue weighted by molar-refractivity contribution is -0.174. The maximum Gasteiger partial charge on any atom is 0.353 e. The third kappa shape index (κ3) is 3.66. The number of allylic oxidation sites excluding steroid dienone is 2. The number of rotatable bonds is 4. The largest absolute Gasteiger partial charge is 0.490 e. The zero-order valence-electron chi connectivity index (χ0n) is 19.9. The number of hydrogen-bond acceptors (Lipinski definition) is 8. The summed E-state index contributed by atoms with van der Waals surface area (Å²) in [4.78, 5) is 40.3. The molecular formula is C27H28O7S. The van der Waals surface area contributed by atoms with Gasteiger partial charge in [0.25, 0.3) is 0 Å². The monoisotopic (exact) mass is 496 g/mol. The quantitative estimate of drug-likeness (QED) is 0.519. The summed E-state index contributed by atoms with van der Waals surface area (Å²) in [5.74, 6) is -2.23. The van der Waals surface area contributed by atoms with Crippen molar-refractivity contribution in [2.75, 3.05) is 7.11 Å². The lowest BCUT2D eigenvalue weighted by Gasteiger charge is -2.60. The molecule has 184 valence electrons. The molecule has 0 N–H and O–H groups in total. The molecule has 2 aliphatic carbocycles. The molecule has 0 bridgehead atoms. The Bertz CT molecular complexity index is 1190. The van der Waals surface area contributed by atoms with Crippen LogP contribution in [0.25, 0.3) is 0 Å². The van der Waals surface area contributed by atoms with E-state index in [1.54, 1.807) is 30.0 Å². The highest BCUT2D eigenvalue weighted by Crippen LogP contribution is 2.66. The van der Waals surface area contributed by atoms with Crippen LogP contribution in [0.1, 0.15) is 54.4 Å². The van der Waals surface area contributed by atoms with Gasteiger partial charge in [0.1, 0.15) is 11.0 Å². The molecular weight excluding hydrogens is 468 g/mol. The van der Waals surface area contributed by atoms with Crippen molar-refractivity contribution in [2.45, 2.75) is 39.2 Å². The first-order valence-electron chi connectivity index (χ1n) is 11.7. The molecule has 0 unspecified atom stereocenters. The fraction of sp³-hybridized carbons (Fsp3) is 0.444. The van der Waals surface area contributed by atoms with Crippen LogP contribution in [0.5, 0.6) is 0 Å². The van der Waals surface area contributed by atoms with Crippen LogP contribution < -0.4 is 0 Å². The van der Waals surface area contributed by atoms with Gasteiger partial charge in [-0.05, 0) is 53.7 Å². The van der Waals surface area contributed by atoms with E-state index in [0.29, 0.717) is 23.5 Å². The van der Waals surface area contributed by atoms with E-state index in [1.165, 1.54) is 24.5 Å². The molecule has 0 radical (unpaired) electrons. The second-order valence-corrected chi connectivity index (χ2v) is 11.1. The molecule has 3 aliphatic rings. The van der Waals surface area contributed by atoms with Gasteiger partial charge in [0, 0.05) is 17.4 Å². The van der Waals surface area contributed by atoms with E-state index >= 15 is 0 Å². The third-order valence-electron chi connectivity index (χ3n) is 8.22. The second kappa shape index (κ2) is 8.52. The molecule has 5 rings (SSSR count). The Balaban J connectivity index is 1.58. The molecule has 8 heteroatoms. The molecule has 2 aromatic rings. The van der Waals surface area contributed by atoms with Gasteiger partial charge in [0.2, 0.25) is 5.78 Å². The fourth-order valence-electron chi connectivity index (χ4n) is 6.62. The van der Waals surface area contributed by atoms with E-state index in [2.05, 4.69) is 13.5 Å². The Morgan fingerprint density at radius 2 is 2.03 bits per heavy atom. The molecule has 3 heterocycles. The standard InChI is InChI=1S/C27H28O7S/c1-15-17-7-9-26(2)18(24(29)31-4)12-19(34-25(30)21-6-5-11-35-21)22(28)23(26)27(17,3)13-20(33-15)16-8-10-32-14-16/h5-6,8,10-12,14,17-18,20,23H,1,7,9,13H2,2-4H3/t17-,18-,20-,23-,26-,27-/m0/s1. The van der Waals surface area contributed by atoms with E-state index in [4.69, 9.17) is 18.6 Å². The van der Waals surface area contributed by atoms with Crippen LogP contribution in [0.15, 0.2) is 64.7 Å². The Labute approximate surface area is 207 Å². The number of carbonyl (C=O) groups excluding carboxylic acids is 3. The number of methoxy groups -OCH3 is 1. The maximum atomic E-state index is 14.1. The van der Waals surface area contributed by atoms with E-state index < -0.39 is 34.6 Å². The van der Waals surface area contributed by atoms with Crippen molar-refractivity contribution >= 4 is 29.1 Å². The van der Waals surface area contributed by atoms with Crippen LogP contribution in [0.2, 0.25) is 0 Å². The van der Waals surface area contributed by atoms with Crippen molar-refractivity contribution in [3.8, 4) is 0 Å². The van der Waals surface area contributed by atoms with E-state index in [0.717, 1.165) is 12.0 Å². The number of hydrogen-bond donors (Lipinski definition) is 0. The van der Waals surface area contributed by atoms with Crippen LogP contribution in [0, 0.1) is 28.6 Å². The number of thiophene rings is 1. The average molecular weight is 497 g/mol. The number of ether oxygens (including phenoxy) is 3. The number of furan rings is 1. The molecule has 6 atom stereocenters. The number of esters is 2. The minimum Gasteiger partial charge on any atom is -0.490 e. The summed E-state index contributed by atoms with van der Waals surface area (Å²) in [6.07, 6.45) is 6.23. The van der Waals surface area contributed by atoms with Gasteiger partial charge < -0.3 is 18.6 Å². The van der Waals surface area contributed by atoms with Gasteiger partial charge in [-0.1, -0.05) is 26.5 Å². The first-order valence-corrected chi connectivity index (χ1v) is 12.5. The minimum absolute atomic E-state index is 0.0849. The van der Waals surface area contributed by atoms with E-state index in [9.17, 15) is 14.4 Å². The summed E-state index contributed by atoms with van der Waals surface area (Å²) in [6, 6.07) is 5.22. The Morgan fingerprint density at radius 3 is 2.69 bits per heavy atom. The minimum atomic E-state index is -0.734. The predicted octanol–water partition coefficient (Wildman–Crippen LogP) is 5.47. The van der Waals surface area contributed by atoms with Crippen LogP contribution in [0.3, 0.4) is 0 Å². The highest BCUT2D eigenvalue weighted by Gasteiger charge is 2.65. The normalized spacial score (nSPS) is 34.2. The zero-order chi connectivity index (χ0) is 25.0. The first kappa shape index (κ1) is 23.6. The molecule has 7 nitrogen and oxygen atoms in total. The Morgan fingerprint density at radius 1 is 1.23 bits per heavy atom. The van der Waals surface area contributed by atoms with Crippen LogP contribution in [0.4, 0.5) is 0 Å². The maximum absolute atomic E-state index is 14.1. The van der Waals surface area contributed by atoms with Crippen molar-refractivity contribution in [1.82, 2.24) is 0 Å². The number of ketones is 1. The fourth-order valence-corrected chi connectivity index (χ4v) is 7.22. The SMILES string of the molecule is C=C1O[C@H](c2ccoc2)C[C@]2(C)[C@H]3C(=O)C(OC(=O)c4cccs4)=C[C@@H](C(=O)OC)[C@]3(C)CC[C@@H]12. The topological polar surface area (TPSA) is 92.0 Å². The lowest BCUT2D eigenvalue weighted by Crippen LogP contribution is -2.60. The number of fused-ring (bicyclic) bond motifs is 3. The molecule has 0 spiro atoms. The molecule has 1 saturated carbocycles. The Hall–Kier alpha value is -3.13. The molecule has 1 aliphatic heterocycles. The molecule has 35 heavy (non-hydrogen) atoms. The van der Waals surface area contributed by atoms with Crippen molar-refractivity contribution in [2.24, 2.45) is 28.6 Å². The third-order valence-corrected chi connectivity index (χ3v) is 9.07. The van der Waals surface area contributed by atoms with Gasteiger partial charge in [-0.15, -0.1) is 11.3 Å². The molecule has 1 saturated heterocycles. The van der Waals surface area contributed by atoms with Gasteiger partial charge in [0.15, 0.2) is 5.76 Å². The predicted molar refractivity (Wildman–Crippen MR) is 127 cm³/mol. The van der Waals surface area contributed by atoms with Crippen LogP contribution >= 0.6 is 11.3 Å². The van der Waals surface area contributed by atoms with Gasteiger partial charge >= 0.3 is 11.9 Å². The van der Waals surface area contributed by atoms with Crippen molar-refractivity contribution in [3.63, 3.8) is 0 Å². The molecule has 2 fully saturated rings. The summed E-state index contributed by atoms with van der Waals surface area (Å²) >= 11 is 1.23. The highest BCUT2D eigenvalue weighted by atomic mass is 32.1. The summed E-state index contributed by atoms with van der Waals surface area (Å²) in [7, 11) is 1.33. The van der Waals surface area contributed by atoms with Gasteiger partial charge in [-0.3, -0.25) is 9.59 Å². The molecule has 0 amide bonds. The number of carbonyl (C=O) groups is 3. The summed E-state index contributed by atoms with van der Waals surface area (Å²) in [6.45, 7) is 8.24. The van der Waals surface area contributed by atoms with Crippen molar-refractivity contribution in [1.29, 1.82) is 0 Å². The first-order chi connectivity index (χ1) is 16.7.